The molecule has 0 spiro atoms. The molecule has 0 saturated heterocycles. The highest BCUT2D eigenvalue weighted by atomic mass is 16.5. The van der Waals surface area contributed by atoms with Crippen LogP contribution < -0.4 is 5.32 Å². The number of rotatable bonds is 8. The van der Waals surface area contributed by atoms with Crippen LogP contribution in [0.3, 0.4) is 0 Å². The van der Waals surface area contributed by atoms with Crippen LogP contribution in [0.1, 0.15) is 77.0 Å². The molecule has 1 aromatic heterocycles. The summed E-state index contributed by atoms with van der Waals surface area (Å²) >= 11 is 0. The van der Waals surface area contributed by atoms with Gasteiger partial charge in [-0.15, -0.1) is 6.58 Å². The highest BCUT2D eigenvalue weighted by Crippen LogP contribution is 2.59. The molecule has 1 N–H and O–H groups in total. The van der Waals surface area contributed by atoms with E-state index in [2.05, 4.69) is 49.7 Å². The highest BCUT2D eigenvalue weighted by molar-refractivity contribution is 5.94. The third-order valence-corrected chi connectivity index (χ3v) is 5.98. The van der Waals surface area contributed by atoms with Crippen molar-refractivity contribution < 1.29 is 9.32 Å². The fraction of sp³-hybridized carbons (Fsp3) is 0.560. The minimum absolute atomic E-state index is 0.0307. The Labute approximate surface area is 181 Å². The minimum atomic E-state index is -0.0307. The van der Waals surface area contributed by atoms with Crippen LogP contribution >= 0.6 is 0 Å². The van der Waals surface area contributed by atoms with E-state index in [9.17, 15) is 4.79 Å². The van der Waals surface area contributed by atoms with E-state index in [1.165, 1.54) is 5.57 Å². The fourth-order valence-corrected chi connectivity index (χ4v) is 3.65. The van der Waals surface area contributed by atoms with Gasteiger partial charge in [-0.2, -0.15) is 4.98 Å². The number of aromatic nitrogens is 2. The van der Waals surface area contributed by atoms with E-state index in [1.54, 1.807) is 0 Å². The number of carbonyl (C=O) groups excluding carboxylic acids is 1. The minimum Gasteiger partial charge on any atom is -0.352 e. The molecule has 1 heterocycles. The first-order chi connectivity index (χ1) is 14.2. The van der Waals surface area contributed by atoms with Crippen LogP contribution in [0.25, 0.3) is 11.5 Å². The SMILES string of the molecule is C=C(C)C.CCCCc1noc(-c2ccc(C(=O)NCC[C@@H]3[C@H](C)C3(C)C)cc2)n1. The number of aryl methyl sites for hydroxylation is 1. The van der Waals surface area contributed by atoms with Crippen LogP contribution in [0.2, 0.25) is 0 Å². The molecular formula is C25H37N3O2. The quantitative estimate of drug-likeness (QED) is 0.535. The lowest BCUT2D eigenvalue weighted by Crippen LogP contribution is -2.25. The number of unbranched alkanes of at least 4 members (excludes halogenated alkanes) is 1. The van der Waals surface area contributed by atoms with Crippen LogP contribution in [0.4, 0.5) is 0 Å². The second-order valence-electron chi connectivity index (χ2n) is 9.16. The molecule has 3 rings (SSSR count). The number of allylic oxidation sites excluding steroid dienone is 1. The average Bonchev–Trinajstić information content (AvgIpc) is 3.03. The Bertz CT molecular complexity index is 832. The van der Waals surface area contributed by atoms with Crippen molar-refractivity contribution in [3.8, 4) is 11.5 Å². The van der Waals surface area contributed by atoms with Gasteiger partial charge in [-0.1, -0.05) is 44.8 Å². The summed E-state index contributed by atoms with van der Waals surface area (Å²) in [5, 5.41) is 7.03. The molecule has 1 saturated carbocycles. The number of benzene rings is 1. The summed E-state index contributed by atoms with van der Waals surface area (Å²) in [6.45, 7) is 17.2. The first-order valence-corrected chi connectivity index (χ1v) is 11.0. The van der Waals surface area contributed by atoms with E-state index in [1.807, 2.05) is 38.1 Å². The molecule has 5 nitrogen and oxygen atoms in total. The third kappa shape index (κ3) is 6.54. The van der Waals surface area contributed by atoms with E-state index in [0.29, 0.717) is 22.8 Å². The van der Waals surface area contributed by atoms with E-state index in [4.69, 9.17) is 4.52 Å². The number of nitrogens with one attached hydrogen (secondary N) is 1. The molecule has 1 aliphatic carbocycles. The van der Waals surface area contributed by atoms with Gasteiger partial charge in [-0.3, -0.25) is 4.79 Å². The Balaban J connectivity index is 0.000000735. The summed E-state index contributed by atoms with van der Waals surface area (Å²) in [7, 11) is 0. The Morgan fingerprint density at radius 1 is 1.23 bits per heavy atom. The van der Waals surface area contributed by atoms with Gasteiger partial charge in [0.2, 0.25) is 0 Å². The van der Waals surface area contributed by atoms with Gasteiger partial charge in [0.05, 0.1) is 0 Å². The van der Waals surface area contributed by atoms with Gasteiger partial charge in [0.15, 0.2) is 5.82 Å². The van der Waals surface area contributed by atoms with Crippen LogP contribution in [0.5, 0.6) is 0 Å². The molecule has 0 radical (unpaired) electrons. The molecule has 0 bridgehead atoms. The van der Waals surface area contributed by atoms with Gasteiger partial charge in [0, 0.05) is 24.1 Å². The monoisotopic (exact) mass is 411 g/mol. The molecule has 2 atom stereocenters. The van der Waals surface area contributed by atoms with Gasteiger partial charge < -0.3 is 9.84 Å². The molecular weight excluding hydrogens is 374 g/mol. The van der Waals surface area contributed by atoms with Crippen molar-refractivity contribution in [2.45, 2.75) is 67.2 Å². The van der Waals surface area contributed by atoms with Crippen LogP contribution in [0.15, 0.2) is 40.9 Å². The molecule has 1 aromatic carbocycles. The van der Waals surface area contributed by atoms with E-state index in [-0.39, 0.29) is 5.91 Å². The second-order valence-corrected chi connectivity index (χ2v) is 9.16. The molecule has 1 fully saturated rings. The van der Waals surface area contributed by atoms with Crippen LogP contribution in [-0.2, 0) is 6.42 Å². The zero-order valence-corrected chi connectivity index (χ0v) is 19.4. The summed E-state index contributed by atoms with van der Waals surface area (Å²) in [6, 6.07) is 7.34. The molecule has 2 aromatic rings. The summed E-state index contributed by atoms with van der Waals surface area (Å²) in [6.07, 6.45) is 4.02. The maximum absolute atomic E-state index is 12.3. The third-order valence-electron chi connectivity index (χ3n) is 5.98. The summed E-state index contributed by atoms with van der Waals surface area (Å²) in [5.74, 6) is 2.67. The van der Waals surface area contributed by atoms with Crippen LogP contribution in [-0.4, -0.2) is 22.6 Å². The fourth-order valence-electron chi connectivity index (χ4n) is 3.65. The van der Waals surface area contributed by atoms with Gasteiger partial charge in [-0.25, -0.2) is 0 Å². The van der Waals surface area contributed by atoms with E-state index >= 15 is 0 Å². The first-order valence-electron chi connectivity index (χ1n) is 11.0. The smallest absolute Gasteiger partial charge is 0.257 e. The summed E-state index contributed by atoms with van der Waals surface area (Å²) in [5.41, 5.74) is 3.08. The Morgan fingerprint density at radius 2 is 1.83 bits per heavy atom. The maximum Gasteiger partial charge on any atom is 0.257 e. The van der Waals surface area contributed by atoms with Gasteiger partial charge >= 0.3 is 0 Å². The predicted octanol–water partition coefficient (Wildman–Crippen LogP) is 6.07. The predicted molar refractivity (Wildman–Crippen MR) is 122 cm³/mol. The number of carbonyl (C=O) groups is 1. The molecule has 1 aliphatic rings. The molecule has 164 valence electrons. The lowest BCUT2D eigenvalue weighted by molar-refractivity contribution is 0.0952. The van der Waals surface area contributed by atoms with Gasteiger partial charge in [-0.05, 0) is 68.2 Å². The van der Waals surface area contributed by atoms with Crippen LogP contribution in [0, 0.1) is 17.3 Å². The van der Waals surface area contributed by atoms with E-state index in [0.717, 1.165) is 49.5 Å². The lowest BCUT2D eigenvalue weighted by Gasteiger charge is -2.06. The summed E-state index contributed by atoms with van der Waals surface area (Å²) < 4.78 is 5.31. The van der Waals surface area contributed by atoms with Crippen molar-refractivity contribution in [2.75, 3.05) is 6.54 Å². The van der Waals surface area contributed by atoms with Gasteiger partial charge in [0.25, 0.3) is 11.8 Å². The zero-order valence-electron chi connectivity index (χ0n) is 19.4. The molecule has 30 heavy (non-hydrogen) atoms. The van der Waals surface area contributed by atoms with Crippen molar-refractivity contribution in [1.82, 2.24) is 15.5 Å². The van der Waals surface area contributed by atoms with Crippen molar-refractivity contribution in [2.24, 2.45) is 17.3 Å². The highest BCUT2D eigenvalue weighted by Gasteiger charge is 2.53. The maximum atomic E-state index is 12.3. The normalized spacial score (nSPS) is 18.9. The zero-order chi connectivity index (χ0) is 22.3. The Hall–Kier alpha value is -2.43. The summed E-state index contributed by atoms with van der Waals surface area (Å²) in [4.78, 5) is 16.7. The standard InChI is InChI=1S/C21H29N3O2.C4H8/c1-5-6-7-18-23-20(26-24-18)16-10-8-15(9-11-16)19(25)22-13-12-17-14(2)21(17,3)4;1-4(2)3/h8-11,14,17H,5-7,12-13H2,1-4H3,(H,22,25);1H2,2-3H3/t14-,17+;/m0./s1. The number of amides is 1. The van der Waals surface area contributed by atoms with Gasteiger partial charge in [0.1, 0.15) is 0 Å². The number of hydrogen-bond acceptors (Lipinski definition) is 4. The molecule has 0 aliphatic heterocycles. The van der Waals surface area contributed by atoms with Crippen molar-refractivity contribution >= 4 is 5.91 Å². The number of hydrogen-bond donors (Lipinski definition) is 1. The van der Waals surface area contributed by atoms with Crippen molar-refractivity contribution in [3.63, 3.8) is 0 Å². The molecule has 5 heteroatoms. The second kappa shape index (κ2) is 10.6. The lowest BCUT2D eigenvalue weighted by atomic mass is 10.1. The molecule has 1 amide bonds. The Kier molecular flexibility index (Phi) is 8.39. The first kappa shape index (κ1) is 23.8. The van der Waals surface area contributed by atoms with Crippen molar-refractivity contribution in [1.29, 1.82) is 0 Å². The Morgan fingerprint density at radius 3 is 2.37 bits per heavy atom. The molecule has 0 unspecified atom stereocenters. The average molecular weight is 412 g/mol. The number of nitrogens with zero attached hydrogens (tertiary/aromatic N) is 2. The van der Waals surface area contributed by atoms with E-state index < -0.39 is 0 Å². The van der Waals surface area contributed by atoms with Crippen molar-refractivity contribution in [3.05, 3.63) is 47.8 Å². The topological polar surface area (TPSA) is 68.0 Å². The largest absolute Gasteiger partial charge is 0.352 e.